The molecule has 3 N–H and O–H groups in total. The van der Waals surface area contributed by atoms with E-state index in [-0.39, 0.29) is 29.8 Å². The Hall–Kier alpha value is -1.14. The van der Waals surface area contributed by atoms with Gasteiger partial charge in [-0.1, -0.05) is 11.6 Å². The fourth-order valence-electron chi connectivity index (χ4n) is 1.26. The lowest BCUT2D eigenvalue weighted by Crippen LogP contribution is -2.32. The van der Waals surface area contributed by atoms with Crippen molar-refractivity contribution in [1.82, 2.24) is 4.98 Å². The van der Waals surface area contributed by atoms with Crippen LogP contribution in [0.5, 0.6) is 0 Å². The summed E-state index contributed by atoms with van der Waals surface area (Å²) in [5, 5.41) is 8.95. The molecule has 1 aromatic heterocycles. The van der Waals surface area contributed by atoms with Crippen LogP contribution < -0.4 is 10.6 Å². The lowest BCUT2D eigenvalue weighted by Gasteiger charge is -2.23. The molecule has 7 heteroatoms. The summed E-state index contributed by atoms with van der Waals surface area (Å²) in [7, 11) is 0. The summed E-state index contributed by atoms with van der Waals surface area (Å²) in [6.45, 7) is -0.777. The topological polar surface area (TPSA) is 62.4 Å². The molecule has 4 nitrogen and oxygen atoms in total. The largest absolute Gasteiger partial charge is 0.396 e. The molecule has 0 aromatic carbocycles. The van der Waals surface area contributed by atoms with Gasteiger partial charge < -0.3 is 15.7 Å². The van der Waals surface area contributed by atoms with Gasteiger partial charge in [0, 0.05) is 6.54 Å². The van der Waals surface area contributed by atoms with Crippen molar-refractivity contribution in [2.45, 2.75) is 6.43 Å². The van der Waals surface area contributed by atoms with Crippen LogP contribution >= 0.6 is 11.6 Å². The standard InChI is InChI=1S/C9H12ClF2N3O/c10-7-2-1-6(13)9(14-7)15(3-4-16)5-8(11)12/h1-2,8,16H,3-5,13H2. The zero-order valence-corrected chi connectivity index (χ0v) is 9.16. The van der Waals surface area contributed by atoms with Crippen molar-refractivity contribution in [2.75, 3.05) is 30.3 Å². The zero-order valence-electron chi connectivity index (χ0n) is 8.41. The fraction of sp³-hybridized carbons (Fsp3) is 0.444. The van der Waals surface area contributed by atoms with Gasteiger partial charge in [0.15, 0.2) is 5.82 Å². The van der Waals surface area contributed by atoms with Gasteiger partial charge in [0.1, 0.15) is 5.15 Å². The lowest BCUT2D eigenvalue weighted by molar-refractivity contribution is 0.152. The Balaban J connectivity index is 2.94. The molecule has 0 unspecified atom stereocenters. The summed E-state index contributed by atoms with van der Waals surface area (Å²) in [5.74, 6) is 0.168. The van der Waals surface area contributed by atoms with Crippen LogP contribution in [0.25, 0.3) is 0 Å². The summed E-state index contributed by atoms with van der Waals surface area (Å²) < 4.78 is 24.6. The third-order valence-electron chi connectivity index (χ3n) is 1.90. The smallest absolute Gasteiger partial charge is 0.255 e. The molecule has 0 spiro atoms. The average Bonchev–Trinajstić information content (AvgIpc) is 2.20. The molecule has 1 heterocycles. The molecular weight excluding hydrogens is 240 g/mol. The van der Waals surface area contributed by atoms with E-state index in [2.05, 4.69) is 4.98 Å². The van der Waals surface area contributed by atoms with Crippen LogP contribution in [0.3, 0.4) is 0 Å². The molecule has 1 rings (SSSR count). The number of aliphatic hydroxyl groups excluding tert-OH is 1. The number of anilines is 2. The predicted molar refractivity (Wildman–Crippen MR) is 59.0 cm³/mol. The second kappa shape index (κ2) is 5.81. The lowest BCUT2D eigenvalue weighted by atomic mass is 10.3. The van der Waals surface area contributed by atoms with Gasteiger partial charge in [0.05, 0.1) is 18.8 Å². The first-order valence-corrected chi connectivity index (χ1v) is 4.98. The summed E-state index contributed by atoms with van der Waals surface area (Å²) in [6, 6.07) is 2.96. The Bertz CT molecular complexity index is 352. The van der Waals surface area contributed by atoms with E-state index in [0.717, 1.165) is 0 Å². The van der Waals surface area contributed by atoms with Gasteiger partial charge >= 0.3 is 0 Å². The maximum absolute atomic E-state index is 12.3. The van der Waals surface area contributed by atoms with Crippen LogP contribution in [-0.2, 0) is 0 Å². The monoisotopic (exact) mass is 251 g/mol. The van der Waals surface area contributed by atoms with Gasteiger partial charge in [-0.2, -0.15) is 0 Å². The van der Waals surface area contributed by atoms with Crippen molar-refractivity contribution in [2.24, 2.45) is 0 Å². The molecule has 0 aliphatic rings. The van der Waals surface area contributed by atoms with Gasteiger partial charge in [-0.25, -0.2) is 13.8 Å². The van der Waals surface area contributed by atoms with E-state index in [9.17, 15) is 8.78 Å². The molecule has 1 aromatic rings. The molecule has 0 saturated carbocycles. The number of hydrogen-bond acceptors (Lipinski definition) is 4. The van der Waals surface area contributed by atoms with E-state index in [1.165, 1.54) is 17.0 Å². The Labute approximate surface area is 96.6 Å². The van der Waals surface area contributed by atoms with E-state index in [1.807, 2.05) is 0 Å². The number of nitrogens with zero attached hydrogens (tertiary/aromatic N) is 2. The summed E-state index contributed by atoms with van der Waals surface area (Å²) in [4.78, 5) is 5.07. The molecule has 16 heavy (non-hydrogen) atoms. The molecule has 0 amide bonds. The van der Waals surface area contributed by atoms with Crippen LogP contribution in [-0.4, -0.2) is 36.2 Å². The molecular formula is C9H12ClF2N3O. The second-order valence-corrected chi connectivity index (χ2v) is 3.49. The number of aromatic nitrogens is 1. The van der Waals surface area contributed by atoms with Gasteiger partial charge in [-0.3, -0.25) is 0 Å². The Morgan fingerprint density at radius 2 is 2.19 bits per heavy atom. The molecule has 90 valence electrons. The molecule has 0 fully saturated rings. The highest BCUT2D eigenvalue weighted by Gasteiger charge is 2.16. The summed E-state index contributed by atoms with van der Waals surface area (Å²) in [6.07, 6.45) is -2.54. The van der Waals surface area contributed by atoms with Crippen molar-refractivity contribution >= 4 is 23.1 Å². The van der Waals surface area contributed by atoms with Crippen LogP contribution in [0.1, 0.15) is 0 Å². The van der Waals surface area contributed by atoms with Gasteiger partial charge in [-0.05, 0) is 12.1 Å². The van der Waals surface area contributed by atoms with E-state index in [1.54, 1.807) is 0 Å². The number of alkyl halides is 2. The molecule has 0 aliphatic carbocycles. The van der Waals surface area contributed by atoms with Gasteiger partial charge in [0.2, 0.25) is 0 Å². The number of nitrogen functional groups attached to an aromatic ring is 1. The van der Waals surface area contributed by atoms with Crippen molar-refractivity contribution in [3.8, 4) is 0 Å². The van der Waals surface area contributed by atoms with E-state index in [4.69, 9.17) is 22.4 Å². The highest BCUT2D eigenvalue weighted by Crippen LogP contribution is 2.23. The number of pyridine rings is 1. The molecule has 0 bridgehead atoms. The predicted octanol–water partition coefficient (Wildman–Crippen LogP) is 1.38. The van der Waals surface area contributed by atoms with Crippen LogP contribution in [0, 0.1) is 0 Å². The Morgan fingerprint density at radius 3 is 2.75 bits per heavy atom. The van der Waals surface area contributed by atoms with Crippen molar-refractivity contribution in [3.05, 3.63) is 17.3 Å². The second-order valence-electron chi connectivity index (χ2n) is 3.11. The number of rotatable bonds is 5. The minimum Gasteiger partial charge on any atom is -0.396 e. The first-order valence-electron chi connectivity index (χ1n) is 4.60. The highest BCUT2D eigenvalue weighted by molar-refractivity contribution is 6.29. The maximum Gasteiger partial charge on any atom is 0.255 e. The summed E-state index contributed by atoms with van der Waals surface area (Å²) >= 11 is 5.65. The zero-order chi connectivity index (χ0) is 12.1. The molecule has 0 aliphatic heterocycles. The Morgan fingerprint density at radius 1 is 1.50 bits per heavy atom. The fourth-order valence-corrected chi connectivity index (χ4v) is 1.40. The van der Waals surface area contributed by atoms with Crippen LogP contribution in [0.4, 0.5) is 20.3 Å². The minimum absolute atomic E-state index is 0.0296. The highest BCUT2D eigenvalue weighted by atomic mass is 35.5. The van der Waals surface area contributed by atoms with E-state index in [0.29, 0.717) is 0 Å². The first-order chi connectivity index (χ1) is 7.54. The van der Waals surface area contributed by atoms with Crippen LogP contribution in [0.2, 0.25) is 5.15 Å². The van der Waals surface area contributed by atoms with Crippen molar-refractivity contribution in [3.63, 3.8) is 0 Å². The normalized spacial score (nSPS) is 10.8. The number of nitrogens with two attached hydrogens (primary N) is 1. The number of hydrogen-bond donors (Lipinski definition) is 2. The maximum atomic E-state index is 12.3. The van der Waals surface area contributed by atoms with Gasteiger partial charge in [-0.15, -0.1) is 0 Å². The number of aliphatic hydroxyl groups is 1. The Kier molecular flexibility index (Phi) is 4.70. The van der Waals surface area contributed by atoms with Gasteiger partial charge in [0.25, 0.3) is 6.43 Å². The average molecular weight is 252 g/mol. The third kappa shape index (κ3) is 3.46. The first kappa shape index (κ1) is 12.9. The third-order valence-corrected chi connectivity index (χ3v) is 2.11. The SMILES string of the molecule is Nc1ccc(Cl)nc1N(CCO)CC(F)F. The number of halogens is 3. The molecule has 0 radical (unpaired) electrons. The van der Waals surface area contributed by atoms with E-state index >= 15 is 0 Å². The molecule has 0 saturated heterocycles. The van der Waals surface area contributed by atoms with Crippen molar-refractivity contribution < 1.29 is 13.9 Å². The summed E-state index contributed by atoms with van der Waals surface area (Å²) in [5.41, 5.74) is 5.86. The minimum atomic E-state index is -2.54. The quantitative estimate of drug-likeness (QED) is 0.776. The van der Waals surface area contributed by atoms with Crippen LogP contribution in [0.15, 0.2) is 12.1 Å². The van der Waals surface area contributed by atoms with E-state index < -0.39 is 13.0 Å². The molecule has 0 atom stereocenters. The van der Waals surface area contributed by atoms with Crippen molar-refractivity contribution in [1.29, 1.82) is 0 Å².